The minimum Gasteiger partial charge on any atom is -0.489 e. The molecule has 0 aliphatic carbocycles. The van der Waals surface area contributed by atoms with Gasteiger partial charge in [-0.1, -0.05) is 49.1 Å². The van der Waals surface area contributed by atoms with Crippen LogP contribution in [0.4, 0.5) is 0 Å². The summed E-state index contributed by atoms with van der Waals surface area (Å²) < 4.78 is 5.96. The van der Waals surface area contributed by atoms with Crippen LogP contribution in [-0.2, 0) is 13.2 Å². The lowest BCUT2D eigenvalue weighted by atomic mass is 9.98. The molecule has 0 unspecified atom stereocenters. The van der Waals surface area contributed by atoms with E-state index in [9.17, 15) is 0 Å². The van der Waals surface area contributed by atoms with Crippen molar-refractivity contribution in [2.45, 2.75) is 47.3 Å². The second-order valence-electron chi connectivity index (χ2n) is 8.41. The summed E-state index contributed by atoms with van der Waals surface area (Å²) in [5, 5.41) is 9.03. The lowest BCUT2D eigenvalue weighted by molar-refractivity contribution is 0.290. The molecule has 0 aromatic heterocycles. The van der Waals surface area contributed by atoms with E-state index in [1.165, 1.54) is 5.56 Å². The molecular weight excluding hydrogens is 368 g/mol. The van der Waals surface area contributed by atoms with E-state index in [0.717, 1.165) is 37.4 Å². The summed E-state index contributed by atoms with van der Waals surface area (Å²) in [4.78, 5) is 2.41. The van der Waals surface area contributed by atoms with Crippen molar-refractivity contribution in [3.05, 3.63) is 77.4 Å². The Labute approximate surface area is 182 Å². The van der Waals surface area contributed by atoms with Gasteiger partial charge in [-0.2, -0.15) is 5.26 Å². The van der Waals surface area contributed by atoms with Crippen molar-refractivity contribution in [2.24, 2.45) is 5.41 Å². The van der Waals surface area contributed by atoms with Gasteiger partial charge in [0, 0.05) is 18.5 Å². The molecule has 2 rings (SSSR count). The van der Waals surface area contributed by atoms with Crippen LogP contribution in [0.25, 0.3) is 0 Å². The van der Waals surface area contributed by atoms with Gasteiger partial charge in [-0.25, -0.2) is 0 Å². The van der Waals surface area contributed by atoms with Gasteiger partial charge in [-0.15, -0.1) is 0 Å². The molecule has 0 amide bonds. The Morgan fingerprint density at radius 3 is 2.57 bits per heavy atom. The highest BCUT2D eigenvalue weighted by Crippen LogP contribution is 2.17. The van der Waals surface area contributed by atoms with Gasteiger partial charge in [0.25, 0.3) is 0 Å². The number of ether oxygens (including phenoxy) is 1. The first kappa shape index (κ1) is 23.3. The first-order chi connectivity index (χ1) is 14.4. The van der Waals surface area contributed by atoms with Gasteiger partial charge in [0.05, 0.1) is 11.6 Å². The smallest absolute Gasteiger partial charge is 0.120 e. The summed E-state index contributed by atoms with van der Waals surface area (Å²) in [6.07, 6.45) is 5.20. The molecule has 0 N–H and O–H groups in total. The molecule has 3 nitrogen and oxygen atoms in total. The Hall–Kier alpha value is -3.01. The third-order valence-corrected chi connectivity index (χ3v) is 4.32. The second-order valence-corrected chi connectivity index (χ2v) is 8.41. The summed E-state index contributed by atoms with van der Waals surface area (Å²) in [6, 6.07) is 17.9. The van der Waals surface area contributed by atoms with Crippen molar-refractivity contribution in [2.75, 3.05) is 13.1 Å². The second kappa shape index (κ2) is 11.9. The normalized spacial score (nSPS) is 11.2. The third-order valence-electron chi connectivity index (χ3n) is 4.32. The number of benzene rings is 2. The van der Waals surface area contributed by atoms with Crippen LogP contribution < -0.4 is 4.74 Å². The van der Waals surface area contributed by atoms with E-state index in [2.05, 4.69) is 68.7 Å². The van der Waals surface area contributed by atoms with Crippen LogP contribution in [0, 0.1) is 28.6 Å². The predicted molar refractivity (Wildman–Crippen MR) is 124 cm³/mol. The lowest BCUT2D eigenvalue weighted by Crippen LogP contribution is -2.24. The fourth-order valence-corrected chi connectivity index (χ4v) is 2.96. The molecule has 0 spiro atoms. The monoisotopic (exact) mass is 400 g/mol. The Kier molecular flexibility index (Phi) is 9.20. The maximum absolute atomic E-state index is 9.03. The third kappa shape index (κ3) is 8.99. The summed E-state index contributed by atoms with van der Waals surface area (Å²) >= 11 is 0. The van der Waals surface area contributed by atoms with Gasteiger partial charge in [-0.05, 0) is 75.2 Å². The fourth-order valence-electron chi connectivity index (χ4n) is 2.96. The van der Waals surface area contributed by atoms with Gasteiger partial charge < -0.3 is 4.74 Å². The van der Waals surface area contributed by atoms with Crippen LogP contribution in [0.5, 0.6) is 5.75 Å². The molecule has 0 atom stereocenters. The van der Waals surface area contributed by atoms with Crippen molar-refractivity contribution in [1.29, 1.82) is 5.26 Å². The number of hydrogen-bond acceptors (Lipinski definition) is 3. The quantitative estimate of drug-likeness (QED) is 0.488. The molecule has 2 aromatic rings. The Morgan fingerprint density at radius 1 is 1.07 bits per heavy atom. The van der Waals surface area contributed by atoms with Crippen LogP contribution >= 0.6 is 0 Å². The number of hydrogen-bond donors (Lipinski definition) is 0. The van der Waals surface area contributed by atoms with Crippen LogP contribution in [0.15, 0.2) is 60.7 Å². The Morgan fingerprint density at radius 2 is 1.83 bits per heavy atom. The van der Waals surface area contributed by atoms with Crippen molar-refractivity contribution < 1.29 is 4.74 Å². The van der Waals surface area contributed by atoms with Crippen LogP contribution in [-0.4, -0.2) is 18.0 Å². The number of nitriles is 1. The zero-order valence-electron chi connectivity index (χ0n) is 18.6. The van der Waals surface area contributed by atoms with Crippen molar-refractivity contribution in [3.8, 4) is 23.7 Å². The topological polar surface area (TPSA) is 36.3 Å². The average molecular weight is 401 g/mol. The molecule has 30 heavy (non-hydrogen) atoms. The minimum atomic E-state index is 0.0316. The Bertz CT molecular complexity index is 936. The first-order valence-electron chi connectivity index (χ1n) is 10.5. The molecule has 0 aliphatic heterocycles. The highest BCUT2D eigenvalue weighted by molar-refractivity contribution is 5.33. The fraction of sp³-hybridized carbons (Fsp3) is 0.370. The van der Waals surface area contributed by atoms with E-state index < -0.39 is 0 Å². The summed E-state index contributed by atoms with van der Waals surface area (Å²) in [5.41, 5.74) is 2.90. The molecule has 0 fully saturated rings. The minimum absolute atomic E-state index is 0.0316. The number of nitrogens with zero attached hydrogens (tertiary/aromatic N) is 2. The van der Waals surface area contributed by atoms with Gasteiger partial charge >= 0.3 is 0 Å². The standard InChI is InChI=1S/C27H32N2O/c1-5-16-29(17-8-6-7-15-27(2,3)4)21-24-12-10-14-26(19-24)30-22-25-13-9-11-23(18-25)20-28/h6,8-14,18-19H,5,16-17,21-22H2,1-4H3. The molecule has 2 aromatic carbocycles. The molecular formula is C27H32N2O. The van der Waals surface area contributed by atoms with Crippen LogP contribution in [0.2, 0.25) is 0 Å². The summed E-state index contributed by atoms with van der Waals surface area (Å²) in [7, 11) is 0. The van der Waals surface area contributed by atoms with E-state index >= 15 is 0 Å². The van der Waals surface area contributed by atoms with Gasteiger partial charge in [0.1, 0.15) is 12.4 Å². The molecule has 3 heteroatoms. The molecule has 0 saturated heterocycles. The molecule has 0 radical (unpaired) electrons. The van der Waals surface area contributed by atoms with E-state index in [1.54, 1.807) is 6.07 Å². The molecule has 0 aliphatic rings. The molecule has 0 saturated carbocycles. The van der Waals surface area contributed by atoms with Crippen molar-refractivity contribution >= 4 is 0 Å². The SMILES string of the molecule is CCCN(CC=CC#CC(C)(C)C)Cc1cccc(OCc2cccc(C#N)c2)c1. The maximum Gasteiger partial charge on any atom is 0.120 e. The number of allylic oxidation sites excluding steroid dienone is 1. The maximum atomic E-state index is 9.03. The first-order valence-corrected chi connectivity index (χ1v) is 10.5. The van der Waals surface area contributed by atoms with Crippen molar-refractivity contribution in [1.82, 2.24) is 4.90 Å². The Balaban J connectivity index is 1.95. The highest BCUT2D eigenvalue weighted by Gasteiger charge is 2.06. The largest absolute Gasteiger partial charge is 0.489 e. The average Bonchev–Trinajstić information content (AvgIpc) is 2.72. The predicted octanol–water partition coefficient (Wildman–Crippen LogP) is 5.95. The molecule has 0 heterocycles. The number of rotatable bonds is 9. The van der Waals surface area contributed by atoms with E-state index in [1.807, 2.05) is 36.4 Å². The zero-order valence-corrected chi connectivity index (χ0v) is 18.6. The molecule has 156 valence electrons. The van der Waals surface area contributed by atoms with Gasteiger partial charge in [-0.3, -0.25) is 4.90 Å². The van der Waals surface area contributed by atoms with Gasteiger partial charge in [0.2, 0.25) is 0 Å². The summed E-state index contributed by atoms with van der Waals surface area (Å²) in [5.74, 6) is 7.21. The van der Waals surface area contributed by atoms with E-state index in [0.29, 0.717) is 12.2 Å². The van der Waals surface area contributed by atoms with Crippen LogP contribution in [0.1, 0.15) is 50.8 Å². The van der Waals surface area contributed by atoms with E-state index in [4.69, 9.17) is 10.00 Å². The van der Waals surface area contributed by atoms with Crippen LogP contribution in [0.3, 0.4) is 0 Å². The van der Waals surface area contributed by atoms with Crippen molar-refractivity contribution in [3.63, 3.8) is 0 Å². The van der Waals surface area contributed by atoms with Gasteiger partial charge in [0.15, 0.2) is 0 Å². The molecule has 0 bridgehead atoms. The zero-order chi connectivity index (χ0) is 21.8. The summed E-state index contributed by atoms with van der Waals surface area (Å²) in [6.45, 7) is 11.8. The van der Waals surface area contributed by atoms with E-state index in [-0.39, 0.29) is 5.41 Å². The highest BCUT2D eigenvalue weighted by atomic mass is 16.5. The lowest BCUT2D eigenvalue weighted by Gasteiger charge is -2.20.